The fourth-order valence-electron chi connectivity index (χ4n) is 3.89. The van der Waals surface area contributed by atoms with Crippen LogP contribution in [0.1, 0.15) is 34.0 Å². The fraction of sp³-hybridized carbons (Fsp3) is 0.190. The minimum absolute atomic E-state index is 0.0565. The number of methoxy groups -OCH3 is 1. The summed E-state index contributed by atoms with van der Waals surface area (Å²) in [5.41, 5.74) is 4.44. The molecule has 0 spiro atoms. The lowest BCUT2D eigenvalue weighted by Crippen LogP contribution is -2.21. The SMILES string of the molecule is COc1ccccc1C1CC(=O)c2cnn(-c3nc4ccccc4[nH]3)c2C1. The molecule has 1 unspecified atom stereocenters. The Morgan fingerprint density at radius 3 is 2.78 bits per heavy atom. The average molecular weight is 358 g/mol. The van der Waals surface area contributed by atoms with E-state index >= 15 is 0 Å². The van der Waals surface area contributed by atoms with Gasteiger partial charge in [0.25, 0.3) is 0 Å². The molecule has 1 N–H and O–H groups in total. The summed E-state index contributed by atoms with van der Waals surface area (Å²) in [7, 11) is 1.66. The van der Waals surface area contributed by atoms with E-state index in [1.54, 1.807) is 18.0 Å². The number of benzene rings is 2. The summed E-state index contributed by atoms with van der Waals surface area (Å²) < 4.78 is 7.26. The third kappa shape index (κ3) is 2.52. The summed E-state index contributed by atoms with van der Waals surface area (Å²) in [5, 5.41) is 4.46. The van der Waals surface area contributed by atoms with Gasteiger partial charge in [0.2, 0.25) is 5.95 Å². The lowest BCUT2D eigenvalue weighted by atomic mass is 9.82. The zero-order valence-electron chi connectivity index (χ0n) is 14.8. The maximum atomic E-state index is 12.8. The Hall–Kier alpha value is -3.41. The Balaban J connectivity index is 1.59. The number of ether oxygens (including phenoxy) is 1. The lowest BCUT2D eigenvalue weighted by Gasteiger charge is -2.23. The Morgan fingerprint density at radius 2 is 1.93 bits per heavy atom. The third-order valence-electron chi connectivity index (χ3n) is 5.20. The Bertz CT molecular complexity index is 1120. The van der Waals surface area contributed by atoms with Crippen LogP contribution < -0.4 is 4.74 Å². The molecular formula is C21H18N4O2. The number of nitrogens with zero attached hydrogens (tertiary/aromatic N) is 3. The number of H-pyrrole nitrogens is 1. The first kappa shape index (κ1) is 15.8. The highest BCUT2D eigenvalue weighted by Gasteiger charge is 2.31. The molecule has 6 heteroatoms. The van der Waals surface area contributed by atoms with E-state index in [0.29, 0.717) is 24.4 Å². The van der Waals surface area contributed by atoms with Crippen LogP contribution >= 0.6 is 0 Å². The highest BCUT2D eigenvalue weighted by molar-refractivity contribution is 5.98. The maximum absolute atomic E-state index is 12.8. The fourth-order valence-corrected chi connectivity index (χ4v) is 3.89. The van der Waals surface area contributed by atoms with E-state index in [1.807, 2.05) is 48.5 Å². The van der Waals surface area contributed by atoms with Crippen LogP contribution in [-0.4, -0.2) is 32.6 Å². The summed E-state index contributed by atoms with van der Waals surface area (Å²) in [6.07, 6.45) is 2.82. The standard InChI is InChI=1S/C21H18N4O2/c1-27-20-9-5-2-6-14(20)13-10-18-15(19(26)11-13)12-22-25(18)21-23-16-7-3-4-8-17(16)24-21/h2-9,12-13H,10-11H2,1H3,(H,23,24). The second-order valence-electron chi connectivity index (χ2n) is 6.76. The Kier molecular flexibility index (Phi) is 3.57. The molecule has 0 radical (unpaired) electrons. The maximum Gasteiger partial charge on any atom is 0.229 e. The van der Waals surface area contributed by atoms with Crippen LogP contribution in [0.5, 0.6) is 5.75 Å². The predicted molar refractivity (Wildman–Crippen MR) is 102 cm³/mol. The molecule has 1 aliphatic rings. The predicted octanol–water partition coefficient (Wildman–Crippen LogP) is 3.67. The molecule has 0 saturated carbocycles. The molecule has 134 valence electrons. The summed E-state index contributed by atoms with van der Waals surface area (Å²) in [5.74, 6) is 1.61. The first-order chi connectivity index (χ1) is 13.2. The molecule has 2 aromatic heterocycles. The molecule has 6 nitrogen and oxygen atoms in total. The molecule has 2 aromatic carbocycles. The van der Waals surface area contributed by atoms with Gasteiger partial charge in [-0.15, -0.1) is 0 Å². The molecule has 1 atom stereocenters. The van der Waals surface area contributed by atoms with Gasteiger partial charge in [-0.05, 0) is 30.2 Å². The number of hydrogen-bond acceptors (Lipinski definition) is 4. The molecule has 27 heavy (non-hydrogen) atoms. The van der Waals surface area contributed by atoms with Gasteiger partial charge >= 0.3 is 0 Å². The number of carbonyl (C=O) groups excluding carboxylic acids is 1. The molecular weight excluding hydrogens is 340 g/mol. The molecule has 0 bridgehead atoms. The summed E-state index contributed by atoms with van der Waals surface area (Å²) >= 11 is 0. The molecule has 5 rings (SSSR count). The number of para-hydroxylation sites is 3. The van der Waals surface area contributed by atoms with Crippen LogP contribution in [0, 0.1) is 0 Å². The van der Waals surface area contributed by atoms with E-state index in [0.717, 1.165) is 28.0 Å². The Labute approximate surface area is 155 Å². The molecule has 0 saturated heterocycles. The molecule has 0 aliphatic heterocycles. The van der Waals surface area contributed by atoms with E-state index in [-0.39, 0.29) is 11.7 Å². The van der Waals surface area contributed by atoms with E-state index in [9.17, 15) is 4.79 Å². The van der Waals surface area contributed by atoms with Gasteiger partial charge in [0, 0.05) is 12.3 Å². The number of nitrogens with one attached hydrogen (secondary N) is 1. The highest BCUT2D eigenvalue weighted by atomic mass is 16.5. The number of carbonyl (C=O) groups is 1. The number of fused-ring (bicyclic) bond motifs is 2. The number of hydrogen-bond donors (Lipinski definition) is 1. The number of ketones is 1. The van der Waals surface area contributed by atoms with Crippen LogP contribution in [0.15, 0.2) is 54.7 Å². The van der Waals surface area contributed by atoms with E-state index in [1.165, 1.54) is 0 Å². The number of imidazole rings is 1. The second-order valence-corrected chi connectivity index (χ2v) is 6.76. The van der Waals surface area contributed by atoms with Crippen LogP contribution in [-0.2, 0) is 6.42 Å². The van der Waals surface area contributed by atoms with Crippen LogP contribution in [0.2, 0.25) is 0 Å². The number of rotatable bonds is 3. The number of aromatic amines is 1. The van der Waals surface area contributed by atoms with Crippen molar-refractivity contribution >= 4 is 16.8 Å². The molecule has 4 aromatic rings. The van der Waals surface area contributed by atoms with Gasteiger partial charge in [-0.1, -0.05) is 30.3 Å². The summed E-state index contributed by atoms with van der Waals surface area (Å²) in [6, 6.07) is 15.7. The van der Waals surface area contributed by atoms with Crippen molar-refractivity contribution in [2.75, 3.05) is 7.11 Å². The van der Waals surface area contributed by atoms with Gasteiger partial charge in [-0.25, -0.2) is 9.67 Å². The van der Waals surface area contributed by atoms with E-state index in [2.05, 4.69) is 15.1 Å². The number of Topliss-reactive ketones (excluding diaryl/α,β-unsaturated/α-hetero) is 1. The van der Waals surface area contributed by atoms with Crippen molar-refractivity contribution in [2.24, 2.45) is 0 Å². The van der Waals surface area contributed by atoms with Gasteiger partial charge in [0.1, 0.15) is 5.75 Å². The molecule has 0 amide bonds. The minimum Gasteiger partial charge on any atom is -0.496 e. The first-order valence-electron chi connectivity index (χ1n) is 8.92. The van der Waals surface area contributed by atoms with Crippen molar-refractivity contribution in [1.82, 2.24) is 19.7 Å². The molecule has 2 heterocycles. The molecule has 0 fully saturated rings. The topological polar surface area (TPSA) is 72.8 Å². The van der Waals surface area contributed by atoms with Gasteiger partial charge in [-0.2, -0.15) is 5.10 Å². The van der Waals surface area contributed by atoms with E-state index in [4.69, 9.17) is 4.74 Å². The van der Waals surface area contributed by atoms with Crippen molar-refractivity contribution in [3.05, 3.63) is 71.5 Å². The largest absolute Gasteiger partial charge is 0.496 e. The van der Waals surface area contributed by atoms with Crippen LogP contribution in [0.25, 0.3) is 17.0 Å². The summed E-state index contributed by atoms with van der Waals surface area (Å²) in [4.78, 5) is 20.7. The van der Waals surface area contributed by atoms with Crippen molar-refractivity contribution < 1.29 is 9.53 Å². The number of aromatic nitrogens is 4. The smallest absolute Gasteiger partial charge is 0.229 e. The van der Waals surface area contributed by atoms with Crippen LogP contribution in [0.3, 0.4) is 0 Å². The normalized spacial score (nSPS) is 16.5. The highest BCUT2D eigenvalue weighted by Crippen LogP contribution is 2.37. The van der Waals surface area contributed by atoms with Gasteiger partial charge in [-0.3, -0.25) is 4.79 Å². The van der Waals surface area contributed by atoms with Gasteiger partial charge in [0.15, 0.2) is 5.78 Å². The third-order valence-corrected chi connectivity index (χ3v) is 5.20. The first-order valence-corrected chi connectivity index (χ1v) is 8.92. The molecule has 1 aliphatic carbocycles. The van der Waals surface area contributed by atoms with Crippen molar-refractivity contribution in [2.45, 2.75) is 18.8 Å². The lowest BCUT2D eigenvalue weighted by molar-refractivity contribution is 0.0963. The van der Waals surface area contributed by atoms with Crippen LogP contribution in [0.4, 0.5) is 0 Å². The van der Waals surface area contributed by atoms with Crippen molar-refractivity contribution in [3.63, 3.8) is 0 Å². The van der Waals surface area contributed by atoms with Crippen molar-refractivity contribution in [3.8, 4) is 11.7 Å². The van der Waals surface area contributed by atoms with Crippen molar-refractivity contribution in [1.29, 1.82) is 0 Å². The van der Waals surface area contributed by atoms with Gasteiger partial charge in [0.05, 0.1) is 35.6 Å². The zero-order chi connectivity index (χ0) is 18.4. The Morgan fingerprint density at radius 1 is 1.11 bits per heavy atom. The van der Waals surface area contributed by atoms with Gasteiger partial charge < -0.3 is 9.72 Å². The minimum atomic E-state index is 0.0565. The monoisotopic (exact) mass is 358 g/mol. The summed E-state index contributed by atoms with van der Waals surface area (Å²) in [6.45, 7) is 0. The van der Waals surface area contributed by atoms with E-state index < -0.39 is 0 Å². The quantitative estimate of drug-likeness (QED) is 0.606. The zero-order valence-corrected chi connectivity index (χ0v) is 14.8. The average Bonchev–Trinajstić information content (AvgIpc) is 3.31. The second kappa shape index (κ2) is 6.09.